The van der Waals surface area contributed by atoms with Gasteiger partial charge in [-0.25, -0.2) is 4.98 Å². The molecule has 110 valence electrons. The second-order valence-electron chi connectivity index (χ2n) is 4.83. The van der Waals surface area contributed by atoms with Crippen molar-refractivity contribution in [3.8, 4) is 0 Å². The van der Waals surface area contributed by atoms with Gasteiger partial charge in [-0.05, 0) is 52.2 Å². The molecular weight excluding hydrogens is 330 g/mol. The van der Waals surface area contributed by atoms with Crippen LogP contribution in [0.2, 0.25) is 0 Å². The number of nitrogen functional groups attached to an aromatic ring is 1. The molecule has 1 amide bonds. The predicted octanol–water partition coefficient (Wildman–Crippen LogP) is 3.48. The monoisotopic (exact) mass is 347 g/mol. The Bertz CT molecular complexity index is 596. The lowest BCUT2D eigenvalue weighted by Gasteiger charge is -2.22. The number of pyridine rings is 1. The number of nitrogens with two attached hydrogens (primary N) is 1. The third-order valence-electron chi connectivity index (χ3n) is 3.08. The highest BCUT2D eigenvalue weighted by atomic mass is 79.9. The van der Waals surface area contributed by atoms with E-state index in [1.54, 1.807) is 12.3 Å². The summed E-state index contributed by atoms with van der Waals surface area (Å²) in [6, 6.07) is 11.1. The smallest absolute Gasteiger partial charge is 0.272 e. The van der Waals surface area contributed by atoms with Crippen molar-refractivity contribution in [2.45, 2.75) is 19.9 Å². The van der Waals surface area contributed by atoms with E-state index in [2.05, 4.69) is 27.8 Å². The average Bonchev–Trinajstić information content (AvgIpc) is 2.49. The van der Waals surface area contributed by atoms with Crippen LogP contribution in [0.5, 0.6) is 0 Å². The van der Waals surface area contributed by atoms with Crippen LogP contribution in [-0.2, 0) is 6.54 Å². The van der Waals surface area contributed by atoms with Crippen LogP contribution in [0.3, 0.4) is 0 Å². The Hall–Kier alpha value is -1.88. The number of hydrogen-bond acceptors (Lipinski definition) is 3. The Kier molecular flexibility index (Phi) is 5.33. The molecular formula is C16H18BrN3O. The minimum Gasteiger partial charge on any atom is -0.399 e. The Labute approximate surface area is 133 Å². The Morgan fingerprint density at radius 2 is 1.95 bits per heavy atom. The lowest BCUT2D eigenvalue weighted by atomic mass is 10.2. The maximum Gasteiger partial charge on any atom is 0.272 e. The first-order valence-corrected chi connectivity index (χ1v) is 7.64. The Morgan fingerprint density at radius 1 is 1.24 bits per heavy atom. The first-order valence-electron chi connectivity index (χ1n) is 6.85. The van der Waals surface area contributed by atoms with Crippen molar-refractivity contribution in [3.05, 3.63) is 58.3 Å². The molecule has 1 aromatic heterocycles. The van der Waals surface area contributed by atoms with Crippen molar-refractivity contribution in [1.29, 1.82) is 0 Å². The van der Waals surface area contributed by atoms with Crippen LogP contribution < -0.4 is 5.73 Å². The van der Waals surface area contributed by atoms with Crippen LogP contribution in [0.25, 0.3) is 0 Å². The number of halogens is 1. The number of anilines is 1. The fraction of sp³-hybridized carbons (Fsp3) is 0.250. The van der Waals surface area contributed by atoms with Gasteiger partial charge in [0.05, 0.1) is 0 Å². The highest BCUT2D eigenvalue weighted by Crippen LogP contribution is 2.13. The molecule has 4 nitrogen and oxygen atoms in total. The molecule has 2 aromatic rings. The van der Waals surface area contributed by atoms with E-state index in [-0.39, 0.29) is 5.91 Å². The number of rotatable bonds is 5. The molecule has 0 saturated carbocycles. The molecule has 2 N–H and O–H groups in total. The number of carbonyl (C=O) groups is 1. The van der Waals surface area contributed by atoms with Gasteiger partial charge in [0.2, 0.25) is 0 Å². The second-order valence-corrected chi connectivity index (χ2v) is 5.75. The zero-order valence-electron chi connectivity index (χ0n) is 11.9. The van der Waals surface area contributed by atoms with Crippen LogP contribution in [0.15, 0.2) is 47.1 Å². The van der Waals surface area contributed by atoms with E-state index in [9.17, 15) is 4.79 Å². The lowest BCUT2D eigenvalue weighted by molar-refractivity contribution is 0.0737. The van der Waals surface area contributed by atoms with Crippen molar-refractivity contribution in [3.63, 3.8) is 0 Å². The molecule has 5 heteroatoms. The van der Waals surface area contributed by atoms with Gasteiger partial charge in [-0.2, -0.15) is 0 Å². The van der Waals surface area contributed by atoms with E-state index in [0.717, 1.165) is 22.1 Å². The van der Waals surface area contributed by atoms with Crippen molar-refractivity contribution in [2.75, 3.05) is 12.3 Å². The summed E-state index contributed by atoms with van der Waals surface area (Å²) in [6.45, 7) is 3.31. The first kappa shape index (κ1) is 15.5. The zero-order chi connectivity index (χ0) is 15.2. The number of benzene rings is 1. The molecule has 0 radical (unpaired) electrons. The molecule has 0 aliphatic rings. The number of nitrogens with zero attached hydrogens (tertiary/aromatic N) is 2. The summed E-state index contributed by atoms with van der Waals surface area (Å²) in [4.78, 5) is 18.5. The average molecular weight is 348 g/mol. The highest BCUT2D eigenvalue weighted by Gasteiger charge is 2.16. The van der Waals surface area contributed by atoms with Gasteiger partial charge in [0.15, 0.2) is 0 Å². The molecule has 0 unspecified atom stereocenters. The van der Waals surface area contributed by atoms with E-state index >= 15 is 0 Å². The summed E-state index contributed by atoms with van der Waals surface area (Å²) in [5, 5.41) is 0. The number of hydrogen-bond donors (Lipinski definition) is 1. The standard InChI is InChI=1S/C16H18BrN3O/c1-2-9-20(11-12-3-6-14(18)7-4-12)16(21)15-8-5-13(17)10-19-15/h3-8,10H,2,9,11,18H2,1H3. The third-order valence-corrected chi connectivity index (χ3v) is 3.55. The van der Waals surface area contributed by atoms with Crippen LogP contribution >= 0.6 is 15.9 Å². The SMILES string of the molecule is CCCN(Cc1ccc(N)cc1)C(=O)c1ccc(Br)cn1. The van der Waals surface area contributed by atoms with E-state index in [1.165, 1.54) is 0 Å². The topological polar surface area (TPSA) is 59.2 Å². The molecule has 1 heterocycles. The summed E-state index contributed by atoms with van der Waals surface area (Å²) < 4.78 is 0.861. The van der Waals surface area contributed by atoms with E-state index in [4.69, 9.17) is 5.73 Å². The van der Waals surface area contributed by atoms with E-state index in [0.29, 0.717) is 18.8 Å². The summed E-state index contributed by atoms with van der Waals surface area (Å²) >= 11 is 3.32. The van der Waals surface area contributed by atoms with Gasteiger partial charge in [0.25, 0.3) is 5.91 Å². The largest absolute Gasteiger partial charge is 0.399 e. The number of carbonyl (C=O) groups excluding carboxylic acids is 1. The quantitative estimate of drug-likeness (QED) is 0.842. The molecule has 0 aliphatic heterocycles. The molecule has 0 saturated heterocycles. The van der Waals surface area contributed by atoms with Crippen molar-refractivity contribution < 1.29 is 4.79 Å². The molecule has 0 atom stereocenters. The minimum absolute atomic E-state index is 0.0545. The molecule has 21 heavy (non-hydrogen) atoms. The minimum atomic E-state index is -0.0545. The molecule has 0 aliphatic carbocycles. The molecule has 0 fully saturated rings. The van der Waals surface area contributed by atoms with Crippen molar-refractivity contribution in [2.24, 2.45) is 0 Å². The summed E-state index contributed by atoms with van der Waals surface area (Å²) in [6.07, 6.45) is 2.54. The van der Waals surface area contributed by atoms with Gasteiger partial charge >= 0.3 is 0 Å². The van der Waals surface area contributed by atoms with Gasteiger partial charge < -0.3 is 10.6 Å². The number of amides is 1. The summed E-state index contributed by atoms with van der Waals surface area (Å²) in [7, 11) is 0. The van der Waals surface area contributed by atoms with Crippen LogP contribution in [0.1, 0.15) is 29.4 Å². The van der Waals surface area contributed by atoms with Crippen LogP contribution in [0, 0.1) is 0 Å². The second kappa shape index (κ2) is 7.22. The van der Waals surface area contributed by atoms with Crippen molar-refractivity contribution >= 4 is 27.5 Å². The molecule has 2 rings (SSSR count). The van der Waals surface area contributed by atoms with Gasteiger partial charge in [-0.15, -0.1) is 0 Å². The molecule has 1 aromatic carbocycles. The summed E-state index contributed by atoms with van der Waals surface area (Å²) in [5.41, 5.74) is 7.93. The number of aromatic nitrogens is 1. The third kappa shape index (κ3) is 4.29. The van der Waals surface area contributed by atoms with Gasteiger partial charge in [0.1, 0.15) is 5.69 Å². The van der Waals surface area contributed by atoms with Crippen LogP contribution in [-0.4, -0.2) is 22.3 Å². The maximum atomic E-state index is 12.5. The van der Waals surface area contributed by atoms with Crippen LogP contribution in [0.4, 0.5) is 5.69 Å². The molecule has 0 bridgehead atoms. The molecule has 0 spiro atoms. The Morgan fingerprint density at radius 3 is 2.52 bits per heavy atom. The highest BCUT2D eigenvalue weighted by molar-refractivity contribution is 9.10. The van der Waals surface area contributed by atoms with Gasteiger partial charge in [-0.3, -0.25) is 4.79 Å². The van der Waals surface area contributed by atoms with Gasteiger partial charge in [0, 0.05) is 29.4 Å². The summed E-state index contributed by atoms with van der Waals surface area (Å²) in [5.74, 6) is -0.0545. The normalized spacial score (nSPS) is 10.4. The zero-order valence-corrected chi connectivity index (χ0v) is 13.5. The first-order chi connectivity index (χ1) is 10.1. The maximum absolute atomic E-state index is 12.5. The van der Waals surface area contributed by atoms with Gasteiger partial charge in [-0.1, -0.05) is 19.1 Å². The van der Waals surface area contributed by atoms with Crippen molar-refractivity contribution in [1.82, 2.24) is 9.88 Å². The predicted molar refractivity (Wildman–Crippen MR) is 87.8 cm³/mol. The fourth-order valence-corrected chi connectivity index (χ4v) is 2.26. The lowest BCUT2D eigenvalue weighted by Crippen LogP contribution is -2.31. The van der Waals surface area contributed by atoms with E-state index < -0.39 is 0 Å². The van der Waals surface area contributed by atoms with E-state index in [1.807, 2.05) is 35.2 Å². The fourth-order valence-electron chi connectivity index (χ4n) is 2.03. The Balaban J connectivity index is 2.15.